The van der Waals surface area contributed by atoms with Crippen molar-refractivity contribution in [1.29, 1.82) is 0 Å². The summed E-state index contributed by atoms with van der Waals surface area (Å²) >= 11 is 7.42. The molecule has 0 spiro atoms. The van der Waals surface area contributed by atoms with E-state index in [9.17, 15) is 4.79 Å². The van der Waals surface area contributed by atoms with Crippen LogP contribution in [0.5, 0.6) is 5.75 Å². The average molecular weight is 323 g/mol. The first-order valence-corrected chi connectivity index (χ1v) is 7.67. The summed E-state index contributed by atoms with van der Waals surface area (Å²) in [5.41, 5.74) is 2.36. The Morgan fingerprint density at radius 3 is 2.71 bits per heavy atom. The second-order valence-corrected chi connectivity index (χ2v) is 6.01. The van der Waals surface area contributed by atoms with Gasteiger partial charge in [-0.05, 0) is 31.2 Å². The van der Waals surface area contributed by atoms with Gasteiger partial charge in [0.2, 0.25) is 0 Å². The zero-order valence-corrected chi connectivity index (χ0v) is 13.3. The molecule has 0 aliphatic heterocycles. The highest BCUT2D eigenvalue weighted by molar-refractivity contribution is 7.98. The van der Waals surface area contributed by atoms with Crippen molar-refractivity contribution < 1.29 is 14.6 Å². The van der Waals surface area contributed by atoms with Gasteiger partial charge >= 0.3 is 5.97 Å². The molecule has 0 unspecified atom stereocenters. The Labute approximate surface area is 132 Å². The number of hydrogen-bond donors (Lipinski definition) is 1. The number of methoxy groups -OCH3 is 1. The lowest BCUT2D eigenvalue weighted by Crippen LogP contribution is -1.97. The van der Waals surface area contributed by atoms with Gasteiger partial charge in [-0.15, -0.1) is 11.8 Å². The van der Waals surface area contributed by atoms with Gasteiger partial charge in [0.25, 0.3) is 0 Å². The summed E-state index contributed by atoms with van der Waals surface area (Å²) in [6.45, 7) is 2.03. The fourth-order valence-electron chi connectivity index (χ4n) is 1.94. The van der Waals surface area contributed by atoms with Crippen LogP contribution in [-0.4, -0.2) is 18.2 Å². The predicted molar refractivity (Wildman–Crippen MR) is 85.7 cm³/mol. The highest BCUT2D eigenvalue weighted by atomic mass is 35.5. The standard InChI is InChI=1S/C16H15ClO3S/c1-10-3-6-15(20-2)11(7-10)9-21-12-4-5-14(17)13(8-12)16(18)19/h3-8H,9H2,1-2H3,(H,18,19). The Balaban J connectivity index is 2.19. The van der Waals surface area contributed by atoms with Crippen molar-refractivity contribution in [2.24, 2.45) is 0 Å². The number of aromatic carboxylic acids is 1. The molecule has 0 saturated carbocycles. The largest absolute Gasteiger partial charge is 0.496 e. The molecule has 0 atom stereocenters. The predicted octanol–water partition coefficient (Wildman–Crippen LogP) is 4.65. The molecule has 5 heteroatoms. The van der Waals surface area contributed by atoms with Gasteiger partial charge in [-0.1, -0.05) is 29.3 Å². The SMILES string of the molecule is COc1ccc(C)cc1CSc1ccc(Cl)c(C(=O)O)c1. The molecule has 0 amide bonds. The van der Waals surface area contributed by atoms with Crippen LogP contribution >= 0.6 is 23.4 Å². The van der Waals surface area contributed by atoms with Crippen LogP contribution in [0.2, 0.25) is 5.02 Å². The Morgan fingerprint density at radius 2 is 2.05 bits per heavy atom. The van der Waals surface area contributed by atoms with Gasteiger partial charge in [0, 0.05) is 16.2 Å². The number of hydrogen-bond acceptors (Lipinski definition) is 3. The van der Waals surface area contributed by atoms with E-state index < -0.39 is 5.97 Å². The molecule has 1 N–H and O–H groups in total. The molecule has 21 heavy (non-hydrogen) atoms. The van der Waals surface area contributed by atoms with E-state index in [0.29, 0.717) is 5.75 Å². The number of benzene rings is 2. The third kappa shape index (κ3) is 3.93. The molecule has 0 aromatic heterocycles. The third-order valence-corrected chi connectivity index (χ3v) is 4.37. The van der Waals surface area contributed by atoms with Gasteiger partial charge in [0.15, 0.2) is 0 Å². The number of thioether (sulfide) groups is 1. The van der Waals surface area contributed by atoms with Gasteiger partial charge in [0.1, 0.15) is 5.75 Å². The number of ether oxygens (including phenoxy) is 1. The average Bonchev–Trinajstić information content (AvgIpc) is 2.46. The van der Waals surface area contributed by atoms with Crippen molar-refractivity contribution >= 4 is 29.3 Å². The molecular weight excluding hydrogens is 308 g/mol. The van der Waals surface area contributed by atoms with Crippen LogP contribution in [0.3, 0.4) is 0 Å². The van der Waals surface area contributed by atoms with Gasteiger partial charge in [-0.25, -0.2) is 4.79 Å². The van der Waals surface area contributed by atoms with Gasteiger partial charge < -0.3 is 9.84 Å². The van der Waals surface area contributed by atoms with Crippen LogP contribution in [0.25, 0.3) is 0 Å². The molecule has 0 heterocycles. The molecule has 0 radical (unpaired) electrons. The Morgan fingerprint density at radius 1 is 1.29 bits per heavy atom. The van der Waals surface area contributed by atoms with E-state index in [1.807, 2.05) is 25.1 Å². The summed E-state index contributed by atoms with van der Waals surface area (Å²) in [4.78, 5) is 11.9. The van der Waals surface area contributed by atoms with Crippen molar-refractivity contribution in [1.82, 2.24) is 0 Å². The van der Waals surface area contributed by atoms with Crippen LogP contribution in [-0.2, 0) is 5.75 Å². The minimum atomic E-state index is -1.02. The first-order valence-electron chi connectivity index (χ1n) is 6.30. The summed E-state index contributed by atoms with van der Waals surface area (Å²) in [6, 6.07) is 11.0. The Bertz CT molecular complexity index is 671. The number of halogens is 1. The molecule has 110 valence electrons. The monoisotopic (exact) mass is 322 g/mol. The van der Waals surface area contributed by atoms with Gasteiger partial charge in [0.05, 0.1) is 17.7 Å². The molecule has 0 saturated heterocycles. The van der Waals surface area contributed by atoms with Crippen LogP contribution in [0, 0.1) is 6.92 Å². The summed E-state index contributed by atoms with van der Waals surface area (Å²) in [6.07, 6.45) is 0. The highest BCUT2D eigenvalue weighted by Crippen LogP contribution is 2.30. The zero-order valence-electron chi connectivity index (χ0n) is 11.7. The van der Waals surface area contributed by atoms with Gasteiger partial charge in [-0.3, -0.25) is 0 Å². The summed E-state index contributed by atoms with van der Waals surface area (Å²) in [7, 11) is 1.64. The van der Waals surface area contributed by atoms with E-state index in [2.05, 4.69) is 6.07 Å². The fraction of sp³-hybridized carbons (Fsp3) is 0.188. The van der Waals surface area contributed by atoms with E-state index in [0.717, 1.165) is 21.8 Å². The lowest BCUT2D eigenvalue weighted by molar-refractivity contribution is 0.0697. The summed E-state index contributed by atoms with van der Waals surface area (Å²) in [5.74, 6) is 0.516. The molecule has 0 fully saturated rings. The topological polar surface area (TPSA) is 46.5 Å². The maximum absolute atomic E-state index is 11.1. The fourth-order valence-corrected chi connectivity index (χ4v) is 3.05. The normalized spacial score (nSPS) is 10.4. The lowest BCUT2D eigenvalue weighted by atomic mass is 10.1. The lowest BCUT2D eigenvalue weighted by Gasteiger charge is -2.10. The van der Waals surface area contributed by atoms with Crippen molar-refractivity contribution in [2.45, 2.75) is 17.6 Å². The second-order valence-electron chi connectivity index (χ2n) is 4.55. The van der Waals surface area contributed by atoms with E-state index in [-0.39, 0.29) is 10.6 Å². The van der Waals surface area contributed by atoms with Crippen molar-refractivity contribution in [3.8, 4) is 5.75 Å². The maximum Gasteiger partial charge on any atom is 0.337 e. The van der Waals surface area contributed by atoms with Crippen LogP contribution in [0.1, 0.15) is 21.5 Å². The molecular formula is C16H15ClO3S. The minimum absolute atomic E-state index is 0.123. The molecule has 2 aromatic carbocycles. The Kier molecular flexibility index (Phi) is 5.15. The van der Waals surface area contributed by atoms with E-state index in [1.165, 1.54) is 0 Å². The van der Waals surface area contributed by atoms with E-state index in [4.69, 9.17) is 21.4 Å². The summed E-state index contributed by atoms with van der Waals surface area (Å²) < 4.78 is 5.34. The molecule has 2 aromatic rings. The molecule has 0 bridgehead atoms. The highest BCUT2D eigenvalue weighted by Gasteiger charge is 2.10. The smallest absolute Gasteiger partial charge is 0.337 e. The molecule has 3 nitrogen and oxygen atoms in total. The van der Waals surface area contributed by atoms with Crippen molar-refractivity contribution in [3.63, 3.8) is 0 Å². The number of carboxylic acids is 1. The minimum Gasteiger partial charge on any atom is -0.496 e. The third-order valence-electron chi connectivity index (χ3n) is 3.00. The van der Waals surface area contributed by atoms with E-state index >= 15 is 0 Å². The number of rotatable bonds is 5. The molecule has 2 rings (SSSR count). The number of aryl methyl sites for hydroxylation is 1. The number of carboxylic acid groups (broad SMARTS) is 1. The first-order chi connectivity index (χ1) is 10.0. The van der Waals surface area contributed by atoms with E-state index in [1.54, 1.807) is 31.0 Å². The van der Waals surface area contributed by atoms with Gasteiger partial charge in [-0.2, -0.15) is 0 Å². The zero-order chi connectivity index (χ0) is 15.4. The van der Waals surface area contributed by atoms with Crippen molar-refractivity contribution in [2.75, 3.05) is 7.11 Å². The molecule has 0 aliphatic rings. The second kappa shape index (κ2) is 6.87. The molecule has 0 aliphatic carbocycles. The summed E-state index contributed by atoms with van der Waals surface area (Å²) in [5, 5.41) is 9.33. The quantitative estimate of drug-likeness (QED) is 0.814. The maximum atomic E-state index is 11.1. The number of carbonyl (C=O) groups is 1. The van der Waals surface area contributed by atoms with Crippen LogP contribution in [0.4, 0.5) is 0 Å². The van der Waals surface area contributed by atoms with Crippen LogP contribution < -0.4 is 4.74 Å². The van der Waals surface area contributed by atoms with Crippen molar-refractivity contribution in [3.05, 3.63) is 58.1 Å². The Hall–Kier alpha value is -1.65. The first kappa shape index (κ1) is 15.7. The van der Waals surface area contributed by atoms with Crippen LogP contribution in [0.15, 0.2) is 41.3 Å².